The lowest BCUT2D eigenvalue weighted by Gasteiger charge is -2.21. The molecule has 0 aliphatic carbocycles. The SMILES string of the molecule is CCNC(=NCCNC(C)(C)C)NC(C)COC1CCOC1. The number of rotatable bonds is 8. The number of ether oxygens (including phenoxy) is 2. The summed E-state index contributed by atoms with van der Waals surface area (Å²) in [6, 6.07) is 0.217. The van der Waals surface area contributed by atoms with E-state index in [9.17, 15) is 0 Å². The van der Waals surface area contributed by atoms with Crippen LogP contribution in [0.25, 0.3) is 0 Å². The highest BCUT2D eigenvalue weighted by Crippen LogP contribution is 2.08. The summed E-state index contributed by atoms with van der Waals surface area (Å²) >= 11 is 0. The third kappa shape index (κ3) is 9.23. The van der Waals surface area contributed by atoms with Gasteiger partial charge in [-0.3, -0.25) is 4.99 Å². The van der Waals surface area contributed by atoms with E-state index in [4.69, 9.17) is 9.47 Å². The van der Waals surface area contributed by atoms with Gasteiger partial charge in [-0.05, 0) is 41.0 Å². The van der Waals surface area contributed by atoms with E-state index >= 15 is 0 Å². The Bertz CT molecular complexity index is 323. The minimum absolute atomic E-state index is 0.131. The molecular formula is C16H34N4O2. The van der Waals surface area contributed by atoms with Crippen LogP contribution in [0, 0.1) is 0 Å². The van der Waals surface area contributed by atoms with Crippen molar-refractivity contribution in [3.8, 4) is 0 Å². The summed E-state index contributed by atoms with van der Waals surface area (Å²) in [5.74, 6) is 0.844. The molecule has 0 aromatic rings. The van der Waals surface area contributed by atoms with E-state index in [-0.39, 0.29) is 17.7 Å². The first-order valence-corrected chi connectivity index (χ1v) is 8.40. The number of hydrogen-bond acceptors (Lipinski definition) is 4. The van der Waals surface area contributed by atoms with Crippen LogP contribution in [0.4, 0.5) is 0 Å². The fourth-order valence-corrected chi connectivity index (χ4v) is 2.12. The monoisotopic (exact) mass is 314 g/mol. The Morgan fingerprint density at radius 3 is 2.77 bits per heavy atom. The first kappa shape index (κ1) is 19.2. The molecule has 0 saturated carbocycles. The maximum absolute atomic E-state index is 5.83. The molecule has 6 heteroatoms. The molecular weight excluding hydrogens is 280 g/mol. The summed E-state index contributed by atoms with van der Waals surface area (Å²) < 4.78 is 11.1. The molecule has 0 bridgehead atoms. The largest absolute Gasteiger partial charge is 0.379 e. The molecule has 22 heavy (non-hydrogen) atoms. The van der Waals surface area contributed by atoms with Crippen molar-refractivity contribution in [3.63, 3.8) is 0 Å². The van der Waals surface area contributed by atoms with E-state index in [0.29, 0.717) is 6.61 Å². The zero-order chi connectivity index (χ0) is 16.4. The van der Waals surface area contributed by atoms with Gasteiger partial charge < -0.3 is 25.4 Å². The van der Waals surface area contributed by atoms with Gasteiger partial charge >= 0.3 is 0 Å². The quantitative estimate of drug-likeness (QED) is 0.356. The first-order valence-electron chi connectivity index (χ1n) is 8.40. The van der Waals surface area contributed by atoms with Gasteiger partial charge in [0.05, 0.1) is 25.9 Å². The number of nitrogens with one attached hydrogen (secondary N) is 3. The second kappa shape index (κ2) is 10.0. The van der Waals surface area contributed by atoms with Crippen LogP contribution in [0.5, 0.6) is 0 Å². The lowest BCUT2D eigenvalue weighted by molar-refractivity contribution is 0.0347. The molecule has 2 atom stereocenters. The highest BCUT2D eigenvalue weighted by molar-refractivity contribution is 5.80. The third-order valence-electron chi connectivity index (χ3n) is 3.23. The molecule has 130 valence electrons. The summed E-state index contributed by atoms with van der Waals surface area (Å²) in [7, 11) is 0. The zero-order valence-corrected chi connectivity index (χ0v) is 14.9. The molecule has 0 aromatic carbocycles. The second-order valence-electron chi connectivity index (χ2n) is 6.80. The van der Waals surface area contributed by atoms with Crippen LogP contribution in [-0.4, -0.2) is 63.1 Å². The summed E-state index contributed by atoms with van der Waals surface area (Å²) in [6.07, 6.45) is 1.25. The van der Waals surface area contributed by atoms with Crippen molar-refractivity contribution < 1.29 is 9.47 Å². The molecule has 1 fully saturated rings. The van der Waals surface area contributed by atoms with Crippen LogP contribution < -0.4 is 16.0 Å². The van der Waals surface area contributed by atoms with E-state index in [1.165, 1.54) is 0 Å². The van der Waals surface area contributed by atoms with Gasteiger partial charge in [0.15, 0.2) is 5.96 Å². The van der Waals surface area contributed by atoms with Gasteiger partial charge in [-0.1, -0.05) is 0 Å². The standard InChI is InChI=1S/C16H34N4O2/c1-6-17-15(18-8-9-19-16(3,4)5)20-13(2)11-22-14-7-10-21-12-14/h13-14,19H,6-12H2,1-5H3,(H2,17,18,20). The molecule has 0 spiro atoms. The van der Waals surface area contributed by atoms with Crippen LogP contribution >= 0.6 is 0 Å². The van der Waals surface area contributed by atoms with Crippen LogP contribution in [0.15, 0.2) is 4.99 Å². The molecule has 0 amide bonds. The van der Waals surface area contributed by atoms with Gasteiger partial charge in [-0.25, -0.2) is 0 Å². The van der Waals surface area contributed by atoms with Gasteiger partial charge in [0.2, 0.25) is 0 Å². The molecule has 1 rings (SSSR count). The van der Waals surface area contributed by atoms with Gasteiger partial charge in [-0.2, -0.15) is 0 Å². The van der Waals surface area contributed by atoms with Crippen LogP contribution in [0.2, 0.25) is 0 Å². The van der Waals surface area contributed by atoms with Crippen molar-refractivity contribution in [2.24, 2.45) is 4.99 Å². The van der Waals surface area contributed by atoms with Gasteiger partial charge in [0.1, 0.15) is 0 Å². The minimum Gasteiger partial charge on any atom is -0.379 e. The Hall–Kier alpha value is -0.850. The van der Waals surface area contributed by atoms with E-state index < -0.39 is 0 Å². The number of nitrogens with zero attached hydrogens (tertiary/aromatic N) is 1. The average molecular weight is 314 g/mol. The Morgan fingerprint density at radius 1 is 1.41 bits per heavy atom. The van der Waals surface area contributed by atoms with E-state index in [1.54, 1.807) is 0 Å². The molecule has 1 aliphatic rings. The minimum atomic E-state index is 0.131. The van der Waals surface area contributed by atoms with Crippen molar-refractivity contribution in [1.29, 1.82) is 0 Å². The van der Waals surface area contributed by atoms with Gasteiger partial charge in [-0.15, -0.1) is 0 Å². The predicted molar refractivity (Wildman–Crippen MR) is 91.5 cm³/mol. The van der Waals surface area contributed by atoms with E-state index in [2.05, 4.69) is 55.6 Å². The van der Waals surface area contributed by atoms with Crippen molar-refractivity contribution in [2.45, 2.75) is 58.7 Å². The van der Waals surface area contributed by atoms with E-state index in [1.807, 2.05) is 0 Å². The topological polar surface area (TPSA) is 66.9 Å². The number of aliphatic imine (C=N–C) groups is 1. The van der Waals surface area contributed by atoms with E-state index in [0.717, 1.165) is 45.2 Å². The highest BCUT2D eigenvalue weighted by Gasteiger charge is 2.17. The lowest BCUT2D eigenvalue weighted by Crippen LogP contribution is -2.45. The van der Waals surface area contributed by atoms with Crippen molar-refractivity contribution in [1.82, 2.24) is 16.0 Å². The average Bonchev–Trinajstić information content (AvgIpc) is 2.93. The molecule has 6 nitrogen and oxygen atoms in total. The van der Waals surface area contributed by atoms with Crippen LogP contribution in [0.3, 0.4) is 0 Å². The maximum atomic E-state index is 5.83. The fourth-order valence-electron chi connectivity index (χ4n) is 2.12. The Balaban J connectivity index is 2.28. The smallest absolute Gasteiger partial charge is 0.191 e. The Labute approximate surface area is 135 Å². The fraction of sp³-hybridized carbons (Fsp3) is 0.938. The number of guanidine groups is 1. The molecule has 0 aromatic heterocycles. The zero-order valence-electron chi connectivity index (χ0n) is 14.9. The summed E-state index contributed by atoms with van der Waals surface area (Å²) in [6.45, 7) is 15.3. The molecule has 1 aliphatic heterocycles. The first-order chi connectivity index (χ1) is 10.4. The Morgan fingerprint density at radius 2 is 2.18 bits per heavy atom. The summed E-state index contributed by atoms with van der Waals surface area (Å²) in [4.78, 5) is 4.59. The highest BCUT2D eigenvalue weighted by atomic mass is 16.5. The molecule has 2 unspecified atom stereocenters. The van der Waals surface area contributed by atoms with Crippen LogP contribution in [-0.2, 0) is 9.47 Å². The molecule has 0 radical (unpaired) electrons. The molecule has 3 N–H and O–H groups in total. The second-order valence-corrected chi connectivity index (χ2v) is 6.80. The lowest BCUT2D eigenvalue weighted by atomic mass is 10.1. The maximum Gasteiger partial charge on any atom is 0.191 e. The van der Waals surface area contributed by atoms with Crippen molar-refractivity contribution >= 4 is 5.96 Å². The normalized spacial score (nSPS) is 21.0. The van der Waals surface area contributed by atoms with Crippen LogP contribution in [0.1, 0.15) is 41.0 Å². The van der Waals surface area contributed by atoms with Crippen molar-refractivity contribution in [3.05, 3.63) is 0 Å². The van der Waals surface area contributed by atoms with Gasteiger partial charge in [0, 0.05) is 31.3 Å². The Kier molecular flexibility index (Phi) is 8.75. The summed E-state index contributed by atoms with van der Waals surface area (Å²) in [5.41, 5.74) is 0.131. The van der Waals surface area contributed by atoms with Crippen molar-refractivity contribution in [2.75, 3.05) is 39.5 Å². The number of hydrogen-bond donors (Lipinski definition) is 3. The predicted octanol–water partition coefficient (Wildman–Crippen LogP) is 1.12. The summed E-state index contributed by atoms with van der Waals surface area (Å²) in [5, 5.41) is 10.1. The molecule has 1 heterocycles. The molecule has 1 saturated heterocycles. The third-order valence-corrected chi connectivity index (χ3v) is 3.23. The van der Waals surface area contributed by atoms with Gasteiger partial charge in [0.25, 0.3) is 0 Å².